The normalized spacial score (nSPS) is 11.9. The molecule has 4 aromatic rings. The molecule has 0 aromatic carbocycles. The fourth-order valence-corrected chi connectivity index (χ4v) is 3.97. The van der Waals surface area contributed by atoms with E-state index in [0.29, 0.717) is 16.8 Å². The highest BCUT2D eigenvalue weighted by Crippen LogP contribution is 2.30. The number of ketones is 2. The summed E-state index contributed by atoms with van der Waals surface area (Å²) in [7, 11) is 0. The second-order valence-electron chi connectivity index (χ2n) is 10.3. The van der Waals surface area contributed by atoms with Crippen LogP contribution in [0.5, 0.6) is 0 Å². The fourth-order valence-electron chi connectivity index (χ4n) is 3.97. The lowest BCUT2D eigenvalue weighted by atomic mass is 9.81. The van der Waals surface area contributed by atoms with E-state index in [9.17, 15) is 14.4 Å². The molecule has 4 aromatic heterocycles. The van der Waals surface area contributed by atoms with Crippen molar-refractivity contribution in [3.05, 3.63) is 71.3 Å². The zero-order valence-electron chi connectivity index (χ0n) is 21.3. The molecule has 0 fully saturated rings. The van der Waals surface area contributed by atoms with E-state index < -0.39 is 11.4 Å². The SMILES string of the molecule is Cc1nn2ccccc2c1C(=O)C(C)(C)C.Cc1nn2ccccc2c1C(=O)C(C)(C)CC(=O)O. The molecule has 35 heavy (non-hydrogen) atoms. The topological polar surface area (TPSA) is 106 Å². The van der Waals surface area contributed by atoms with Crippen LogP contribution in [0.3, 0.4) is 0 Å². The Balaban J connectivity index is 0.000000198. The van der Waals surface area contributed by atoms with Gasteiger partial charge < -0.3 is 5.11 Å². The van der Waals surface area contributed by atoms with Crippen LogP contribution >= 0.6 is 0 Å². The molecule has 0 aliphatic rings. The molecule has 0 bridgehead atoms. The first-order valence-corrected chi connectivity index (χ1v) is 11.4. The number of pyridine rings is 2. The Morgan fingerprint density at radius 1 is 0.771 bits per heavy atom. The Labute approximate surface area is 204 Å². The van der Waals surface area contributed by atoms with Crippen LogP contribution in [0.1, 0.15) is 73.1 Å². The van der Waals surface area contributed by atoms with E-state index in [2.05, 4.69) is 10.2 Å². The number of aliphatic carboxylic acids is 1. The quantitative estimate of drug-likeness (QED) is 0.397. The van der Waals surface area contributed by atoms with Crippen LogP contribution in [0.25, 0.3) is 11.0 Å². The van der Waals surface area contributed by atoms with Gasteiger partial charge in [-0.25, -0.2) is 9.03 Å². The smallest absolute Gasteiger partial charge is 0.304 e. The molecular weight excluding hydrogens is 444 g/mol. The molecule has 0 aliphatic carbocycles. The first-order chi connectivity index (χ1) is 16.2. The van der Waals surface area contributed by atoms with E-state index in [1.54, 1.807) is 36.0 Å². The van der Waals surface area contributed by atoms with Crippen molar-refractivity contribution in [2.45, 2.75) is 54.9 Å². The maximum Gasteiger partial charge on any atom is 0.304 e. The summed E-state index contributed by atoms with van der Waals surface area (Å²) in [6.45, 7) is 12.7. The number of aromatic nitrogens is 4. The van der Waals surface area contributed by atoms with Gasteiger partial charge in [0.2, 0.25) is 0 Å². The molecule has 0 radical (unpaired) electrons. The molecule has 8 nitrogen and oxygen atoms in total. The largest absolute Gasteiger partial charge is 0.481 e. The van der Waals surface area contributed by atoms with E-state index in [4.69, 9.17) is 5.11 Å². The molecule has 0 spiro atoms. The summed E-state index contributed by atoms with van der Waals surface area (Å²) in [5, 5.41) is 17.5. The van der Waals surface area contributed by atoms with E-state index in [0.717, 1.165) is 16.8 Å². The van der Waals surface area contributed by atoms with Gasteiger partial charge >= 0.3 is 5.97 Å². The lowest BCUT2D eigenvalue weighted by Crippen LogP contribution is -2.27. The molecule has 4 rings (SSSR count). The van der Waals surface area contributed by atoms with Gasteiger partial charge in [-0.05, 0) is 38.1 Å². The lowest BCUT2D eigenvalue weighted by molar-refractivity contribution is -0.138. The number of Topliss-reactive ketones (excluding diaryl/α,β-unsaturated/α-hetero) is 2. The Hall–Kier alpha value is -3.81. The lowest BCUT2D eigenvalue weighted by Gasteiger charge is -2.20. The minimum atomic E-state index is -0.979. The monoisotopic (exact) mass is 476 g/mol. The third kappa shape index (κ3) is 5.31. The van der Waals surface area contributed by atoms with Crippen molar-refractivity contribution in [1.29, 1.82) is 0 Å². The average Bonchev–Trinajstić information content (AvgIpc) is 3.26. The summed E-state index contributed by atoms with van der Waals surface area (Å²) < 4.78 is 3.40. The van der Waals surface area contributed by atoms with Gasteiger partial charge in [-0.2, -0.15) is 10.2 Å². The predicted molar refractivity (Wildman–Crippen MR) is 134 cm³/mol. The van der Waals surface area contributed by atoms with Gasteiger partial charge in [0.05, 0.1) is 40.0 Å². The molecular formula is C27H32N4O4. The van der Waals surface area contributed by atoms with Crippen LogP contribution in [0.15, 0.2) is 48.8 Å². The summed E-state index contributed by atoms with van der Waals surface area (Å²) in [6.07, 6.45) is 3.43. The molecule has 0 aliphatic heterocycles. The third-order valence-corrected chi connectivity index (χ3v) is 5.77. The number of carbonyl (C=O) groups is 3. The summed E-state index contributed by atoms with van der Waals surface area (Å²) in [5.41, 5.74) is 2.95. The highest BCUT2D eigenvalue weighted by Gasteiger charge is 2.34. The van der Waals surface area contributed by atoms with Crippen molar-refractivity contribution < 1.29 is 19.5 Å². The number of carboxylic acids is 1. The van der Waals surface area contributed by atoms with Crippen LogP contribution in [0.2, 0.25) is 0 Å². The molecule has 4 heterocycles. The van der Waals surface area contributed by atoms with Gasteiger partial charge in [-0.15, -0.1) is 0 Å². The minimum Gasteiger partial charge on any atom is -0.481 e. The van der Waals surface area contributed by atoms with Crippen LogP contribution in [0.4, 0.5) is 0 Å². The third-order valence-electron chi connectivity index (χ3n) is 5.77. The van der Waals surface area contributed by atoms with Gasteiger partial charge in [0.15, 0.2) is 11.6 Å². The maximum absolute atomic E-state index is 12.6. The number of hydrogen-bond donors (Lipinski definition) is 1. The van der Waals surface area contributed by atoms with Gasteiger partial charge in [0.1, 0.15) is 0 Å². The maximum atomic E-state index is 12.6. The minimum absolute atomic E-state index is 0.145. The second kappa shape index (κ2) is 9.44. The van der Waals surface area contributed by atoms with Gasteiger partial charge in [-0.3, -0.25) is 14.4 Å². The fraction of sp³-hybridized carbons (Fsp3) is 0.370. The van der Waals surface area contributed by atoms with Crippen molar-refractivity contribution in [3.8, 4) is 0 Å². The molecule has 0 saturated heterocycles. The summed E-state index contributed by atoms with van der Waals surface area (Å²) in [5.74, 6) is -1.02. The average molecular weight is 477 g/mol. The second-order valence-corrected chi connectivity index (χ2v) is 10.3. The standard InChI is InChI=1S/C14H16N2O3.C13H16N2O/c1-9-12(10-6-4-5-7-16(10)15-9)13(19)14(2,3)8-11(17)18;1-9-11(12(16)13(2,3)4)10-7-5-6-8-15(10)14-9/h4-7H,8H2,1-3H3,(H,17,18);5-8H,1-4H3. The molecule has 1 N–H and O–H groups in total. The molecule has 184 valence electrons. The van der Waals surface area contributed by atoms with Crippen molar-refractivity contribution in [2.75, 3.05) is 0 Å². The van der Waals surface area contributed by atoms with E-state index in [1.165, 1.54) is 0 Å². The van der Waals surface area contributed by atoms with Crippen LogP contribution in [-0.2, 0) is 4.79 Å². The molecule has 0 unspecified atom stereocenters. The first-order valence-electron chi connectivity index (χ1n) is 11.4. The van der Waals surface area contributed by atoms with Crippen molar-refractivity contribution >= 4 is 28.6 Å². The van der Waals surface area contributed by atoms with Crippen molar-refractivity contribution in [3.63, 3.8) is 0 Å². The number of fused-ring (bicyclic) bond motifs is 2. The highest BCUT2D eigenvalue weighted by atomic mass is 16.4. The zero-order chi connectivity index (χ0) is 26.1. The van der Waals surface area contributed by atoms with Crippen LogP contribution in [-0.4, -0.2) is 41.9 Å². The number of carbonyl (C=O) groups excluding carboxylic acids is 2. The zero-order valence-corrected chi connectivity index (χ0v) is 21.3. The summed E-state index contributed by atoms with van der Waals surface area (Å²) >= 11 is 0. The van der Waals surface area contributed by atoms with E-state index in [-0.39, 0.29) is 23.4 Å². The van der Waals surface area contributed by atoms with Crippen LogP contribution < -0.4 is 0 Å². The van der Waals surface area contributed by atoms with Gasteiger partial charge in [-0.1, -0.05) is 46.8 Å². The first kappa shape index (κ1) is 25.8. The number of rotatable bonds is 5. The predicted octanol–water partition coefficient (Wildman–Crippen LogP) is 5.20. The van der Waals surface area contributed by atoms with Crippen molar-refractivity contribution in [1.82, 2.24) is 19.2 Å². The molecule has 0 atom stereocenters. The number of aryl methyl sites for hydroxylation is 2. The van der Waals surface area contributed by atoms with Gasteiger partial charge in [0.25, 0.3) is 0 Å². The Bertz CT molecular complexity index is 1420. The number of carboxylic acid groups (broad SMARTS) is 1. The Morgan fingerprint density at radius 3 is 1.60 bits per heavy atom. The Morgan fingerprint density at radius 2 is 1.20 bits per heavy atom. The molecule has 8 heteroatoms. The van der Waals surface area contributed by atoms with Gasteiger partial charge in [0, 0.05) is 23.2 Å². The molecule has 0 amide bonds. The summed E-state index contributed by atoms with van der Waals surface area (Å²) in [6, 6.07) is 11.2. The number of nitrogens with zero attached hydrogens (tertiary/aromatic N) is 4. The Kier molecular flexibility index (Phi) is 6.96. The summed E-state index contributed by atoms with van der Waals surface area (Å²) in [4.78, 5) is 35.8. The van der Waals surface area contributed by atoms with Crippen molar-refractivity contribution in [2.24, 2.45) is 10.8 Å². The van der Waals surface area contributed by atoms with E-state index >= 15 is 0 Å². The van der Waals surface area contributed by atoms with Crippen LogP contribution in [0, 0.1) is 24.7 Å². The number of hydrogen-bond acceptors (Lipinski definition) is 5. The molecule has 0 saturated carbocycles. The highest BCUT2D eigenvalue weighted by molar-refractivity contribution is 6.07. The van der Waals surface area contributed by atoms with E-state index in [1.807, 2.05) is 70.3 Å².